The van der Waals surface area contributed by atoms with Crippen molar-refractivity contribution in [1.82, 2.24) is 9.78 Å². The van der Waals surface area contributed by atoms with Crippen molar-refractivity contribution < 1.29 is 4.39 Å². The highest BCUT2D eigenvalue weighted by molar-refractivity contribution is 5.43. The number of aryl methyl sites for hydroxylation is 2. The van der Waals surface area contributed by atoms with E-state index in [1.54, 1.807) is 10.7 Å². The fourth-order valence-electron chi connectivity index (χ4n) is 2.16. The van der Waals surface area contributed by atoms with Crippen molar-refractivity contribution >= 4 is 0 Å². The van der Waals surface area contributed by atoms with E-state index >= 15 is 0 Å². The van der Waals surface area contributed by atoms with Crippen LogP contribution in [0.5, 0.6) is 0 Å². The molecule has 0 aliphatic heterocycles. The molecule has 4 heteroatoms. The summed E-state index contributed by atoms with van der Waals surface area (Å²) in [6.45, 7) is 5.73. The molecule has 0 spiro atoms. The van der Waals surface area contributed by atoms with E-state index in [-0.39, 0.29) is 11.9 Å². The summed E-state index contributed by atoms with van der Waals surface area (Å²) < 4.78 is 15.7. The third-order valence-electron chi connectivity index (χ3n) is 2.83. The van der Waals surface area contributed by atoms with Crippen LogP contribution in [0.2, 0.25) is 0 Å². The van der Waals surface area contributed by atoms with Crippen molar-refractivity contribution in [2.75, 3.05) is 0 Å². The Hall–Kier alpha value is -1.68. The summed E-state index contributed by atoms with van der Waals surface area (Å²) in [5.74, 6) is -0.264. The Morgan fingerprint density at radius 3 is 2.67 bits per heavy atom. The summed E-state index contributed by atoms with van der Waals surface area (Å²) >= 11 is 0. The van der Waals surface area contributed by atoms with Gasteiger partial charge in [-0.05, 0) is 44.9 Å². The van der Waals surface area contributed by atoms with Crippen molar-refractivity contribution in [3.8, 4) is 5.69 Å². The normalized spacial score (nSPS) is 12.7. The van der Waals surface area contributed by atoms with Gasteiger partial charge in [-0.15, -0.1) is 0 Å². The summed E-state index contributed by atoms with van der Waals surface area (Å²) in [6.07, 6.45) is 0.630. The average molecular weight is 247 g/mol. The molecule has 0 fully saturated rings. The number of nitrogens with two attached hydrogens (primary N) is 1. The van der Waals surface area contributed by atoms with Gasteiger partial charge in [0, 0.05) is 11.7 Å². The van der Waals surface area contributed by atoms with Gasteiger partial charge in [0.15, 0.2) is 0 Å². The van der Waals surface area contributed by atoms with E-state index < -0.39 is 0 Å². The molecule has 2 rings (SSSR count). The number of hydrogen-bond donors (Lipinski definition) is 1. The number of halogens is 1. The summed E-state index contributed by atoms with van der Waals surface area (Å²) in [7, 11) is 0. The van der Waals surface area contributed by atoms with Gasteiger partial charge < -0.3 is 5.73 Å². The maximum absolute atomic E-state index is 14.1. The lowest BCUT2D eigenvalue weighted by Gasteiger charge is -2.13. The average Bonchev–Trinajstić information content (AvgIpc) is 2.57. The van der Waals surface area contributed by atoms with Gasteiger partial charge in [0.1, 0.15) is 11.5 Å². The maximum Gasteiger partial charge on any atom is 0.149 e. The molecule has 1 aromatic heterocycles. The fraction of sp³-hybridized carbons (Fsp3) is 0.357. The molecule has 0 saturated heterocycles. The van der Waals surface area contributed by atoms with Crippen LogP contribution in [0.25, 0.3) is 5.69 Å². The molecule has 0 radical (unpaired) electrons. The minimum absolute atomic E-state index is 0.0116. The fourth-order valence-corrected chi connectivity index (χ4v) is 2.16. The molecule has 96 valence electrons. The largest absolute Gasteiger partial charge is 0.328 e. The first kappa shape index (κ1) is 12.8. The molecule has 0 bridgehead atoms. The van der Waals surface area contributed by atoms with Crippen LogP contribution < -0.4 is 5.73 Å². The lowest BCUT2D eigenvalue weighted by atomic mass is 10.1. The van der Waals surface area contributed by atoms with Crippen molar-refractivity contribution in [2.45, 2.75) is 33.2 Å². The van der Waals surface area contributed by atoms with Gasteiger partial charge >= 0.3 is 0 Å². The third kappa shape index (κ3) is 2.43. The molecular weight excluding hydrogens is 229 g/mol. The Morgan fingerprint density at radius 2 is 2.11 bits per heavy atom. The summed E-state index contributed by atoms with van der Waals surface area (Å²) in [5.41, 5.74) is 9.01. The van der Waals surface area contributed by atoms with Gasteiger partial charge in [-0.3, -0.25) is 0 Å². The number of hydrogen-bond acceptors (Lipinski definition) is 2. The van der Waals surface area contributed by atoms with Gasteiger partial charge in [-0.1, -0.05) is 12.1 Å². The van der Waals surface area contributed by atoms with E-state index in [2.05, 4.69) is 5.10 Å². The van der Waals surface area contributed by atoms with Gasteiger partial charge in [0.25, 0.3) is 0 Å². The standard InChI is InChI=1S/C14H18FN3/c1-9(16)7-12-5-4-6-13(15)14(12)18-11(3)8-10(2)17-18/h4-6,8-9H,7,16H2,1-3H3. The number of aromatic nitrogens is 2. The Bertz CT molecular complexity index is 558. The molecule has 1 atom stereocenters. The van der Waals surface area contributed by atoms with Crippen molar-refractivity contribution in [2.24, 2.45) is 5.73 Å². The first-order valence-corrected chi connectivity index (χ1v) is 6.05. The van der Waals surface area contributed by atoms with Gasteiger partial charge in [-0.25, -0.2) is 9.07 Å². The quantitative estimate of drug-likeness (QED) is 0.905. The number of rotatable bonds is 3. The highest BCUT2D eigenvalue weighted by Crippen LogP contribution is 2.21. The van der Waals surface area contributed by atoms with E-state index in [1.807, 2.05) is 32.9 Å². The van der Waals surface area contributed by atoms with Crippen molar-refractivity contribution in [3.05, 3.63) is 47.0 Å². The molecular formula is C14H18FN3. The lowest BCUT2D eigenvalue weighted by molar-refractivity contribution is 0.600. The number of benzene rings is 1. The first-order valence-electron chi connectivity index (χ1n) is 6.05. The van der Waals surface area contributed by atoms with E-state index in [0.717, 1.165) is 17.0 Å². The molecule has 1 heterocycles. The van der Waals surface area contributed by atoms with E-state index in [0.29, 0.717) is 12.1 Å². The zero-order chi connectivity index (χ0) is 13.3. The Kier molecular flexibility index (Phi) is 3.48. The van der Waals surface area contributed by atoms with Crippen LogP contribution in [0.3, 0.4) is 0 Å². The van der Waals surface area contributed by atoms with E-state index in [9.17, 15) is 4.39 Å². The summed E-state index contributed by atoms with van der Waals surface area (Å²) in [5, 5.41) is 4.35. The second kappa shape index (κ2) is 4.90. The summed E-state index contributed by atoms with van der Waals surface area (Å²) in [6, 6.07) is 6.99. The molecule has 1 aromatic carbocycles. The highest BCUT2D eigenvalue weighted by atomic mass is 19.1. The molecule has 0 amide bonds. The molecule has 0 aliphatic carbocycles. The van der Waals surface area contributed by atoms with Crippen LogP contribution in [-0.4, -0.2) is 15.8 Å². The number of para-hydroxylation sites is 1. The third-order valence-corrected chi connectivity index (χ3v) is 2.83. The van der Waals surface area contributed by atoms with Crippen LogP contribution in [0, 0.1) is 19.7 Å². The van der Waals surface area contributed by atoms with Crippen LogP contribution in [0.4, 0.5) is 4.39 Å². The topological polar surface area (TPSA) is 43.8 Å². The Morgan fingerprint density at radius 1 is 1.39 bits per heavy atom. The SMILES string of the molecule is Cc1cc(C)n(-c2c(F)cccc2CC(C)N)n1. The second-order valence-electron chi connectivity index (χ2n) is 4.77. The van der Waals surface area contributed by atoms with Gasteiger partial charge in [0.2, 0.25) is 0 Å². The highest BCUT2D eigenvalue weighted by Gasteiger charge is 2.14. The van der Waals surface area contributed by atoms with Crippen LogP contribution in [0.15, 0.2) is 24.3 Å². The molecule has 0 aliphatic rings. The van der Waals surface area contributed by atoms with Gasteiger partial charge in [0.05, 0.1) is 5.69 Å². The molecule has 18 heavy (non-hydrogen) atoms. The molecule has 2 aromatic rings. The van der Waals surface area contributed by atoms with Crippen molar-refractivity contribution in [1.29, 1.82) is 0 Å². The smallest absolute Gasteiger partial charge is 0.149 e. The maximum atomic E-state index is 14.1. The molecule has 0 saturated carbocycles. The predicted molar refractivity (Wildman–Crippen MR) is 70.3 cm³/mol. The van der Waals surface area contributed by atoms with Crippen LogP contribution in [-0.2, 0) is 6.42 Å². The predicted octanol–water partition coefficient (Wildman–Crippen LogP) is 2.52. The summed E-state index contributed by atoms with van der Waals surface area (Å²) in [4.78, 5) is 0. The second-order valence-corrected chi connectivity index (χ2v) is 4.77. The van der Waals surface area contributed by atoms with Crippen LogP contribution in [0.1, 0.15) is 23.9 Å². The van der Waals surface area contributed by atoms with E-state index in [1.165, 1.54) is 6.07 Å². The zero-order valence-electron chi connectivity index (χ0n) is 10.9. The minimum atomic E-state index is -0.264. The van der Waals surface area contributed by atoms with E-state index in [4.69, 9.17) is 5.73 Å². The zero-order valence-corrected chi connectivity index (χ0v) is 10.9. The van der Waals surface area contributed by atoms with Crippen molar-refractivity contribution in [3.63, 3.8) is 0 Å². The lowest BCUT2D eigenvalue weighted by Crippen LogP contribution is -2.19. The Balaban J connectivity index is 2.58. The Labute approximate surface area is 106 Å². The van der Waals surface area contributed by atoms with Gasteiger partial charge in [-0.2, -0.15) is 5.10 Å². The van der Waals surface area contributed by atoms with Crippen LogP contribution >= 0.6 is 0 Å². The molecule has 2 N–H and O–H groups in total. The minimum Gasteiger partial charge on any atom is -0.328 e. The number of nitrogens with zero attached hydrogens (tertiary/aromatic N) is 2. The molecule has 1 unspecified atom stereocenters. The first-order chi connectivity index (χ1) is 8.49. The molecule has 3 nitrogen and oxygen atoms in total. The monoisotopic (exact) mass is 247 g/mol.